The summed E-state index contributed by atoms with van der Waals surface area (Å²) in [6.45, 7) is 6.90. The molecular formula is C36H50FN3O12. The number of esters is 4. The van der Waals surface area contributed by atoms with Crippen molar-refractivity contribution in [3.05, 3.63) is 41.7 Å². The van der Waals surface area contributed by atoms with Crippen LogP contribution in [0.25, 0.3) is 0 Å². The van der Waals surface area contributed by atoms with Crippen molar-refractivity contribution in [1.82, 2.24) is 0 Å². The highest BCUT2D eigenvalue weighted by Crippen LogP contribution is 2.38. The number of benzene rings is 2. The highest BCUT2D eigenvalue weighted by atomic mass is 19.1. The molecule has 288 valence electrons. The van der Waals surface area contributed by atoms with Crippen LogP contribution in [0.3, 0.4) is 0 Å². The van der Waals surface area contributed by atoms with Crippen LogP contribution in [-0.4, -0.2) is 111 Å². The molecule has 2 rings (SSSR count). The lowest BCUT2D eigenvalue weighted by Gasteiger charge is -2.34. The van der Waals surface area contributed by atoms with Crippen molar-refractivity contribution in [2.45, 2.75) is 34.1 Å². The number of methoxy groups -OCH3 is 4. The Balaban J connectivity index is 2.49. The van der Waals surface area contributed by atoms with E-state index >= 15 is 0 Å². The Kier molecular flexibility index (Phi) is 16.6. The first-order chi connectivity index (χ1) is 24.5. The van der Waals surface area contributed by atoms with Crippen LogP contribution < -0.4 is 29.7 Å². The van der Waals surface area contributed by atoms with Gasteiger partial charge in [0.25, 0.3) is 0 Å². The Morgan fingerprint density at radius 3 is 1.58 bits per heavy atom. The fraction of sp³-hybridized carbons (Fsp3) is 0.528. The number of nitrogens with two attached hydrogens (primary N) is 1. The number of hydrogen-bond donors (Lipinski definition) is 1. The van der Waals surface area contributed by atoms with E-state index in [9.17, 15) is 28.4 Å². The van der Waals surface area contributed by atoms with Crippen molar-refractivity contribution >= 4 is 41.5 Å². The van der Waals surface area contributed by atoms with E-state index < -0.39 is 42.8 Å². The molecule has 2 aromatic rings. The summed E-state index contributed by atoms with van der Waals surface area (Å²) in [6.07, 6.45) is 1.30. The summed E-state index contributed by atoms with van der Waals surface area (Å²) in [7, 11) is 4.75. The maximum Gasteiger partial charge on any atom is 0.325 e. The number of aldehydes is 1. The summed E-state index contributed by atoms with van der Waals surface area (Å²) < 4.78 is 51.7. The minimum atomic E-state index is -0.683. The van der Waals surface area contributed by atoms with Crippen molar-refractivity contribution in [3.8, 4) is 17.2 Å². The van der Waals surface area contributed by atoms with E-state index in [0.717, 1.165) is 18.6 Å². The van der Waals surface area contributed by atoms with E-state index in [-0.39, 0.29) is 77.9 Å². The number of hydrogen-bond acceptors (Lipinski definition) is 15. The first-order valence-electron chi connectivity index (χ1n) is 16.3. The van der Waals surface area contributed by atoms with Crippen LogP contribution in [0.15, 0.2) is 30.3 Å². The van der Waals surface area contributed by atoms with Crippen LogP contribution in [0.4, 0.5) is 15.8 Å². The molecule has 0 aliphatic carbocycles. The van der Waals surface area contributed by atoms with Crippen molar-refractivity contribution in [2.24, 2.45) is 16.6 Å². The van der Waals surface area contributed by atoms with Gasteiger partial charge in [0.2, 0.25) is 0 Å². The van der Waals surface area contributed by atoms with E-state index in [0.29, 0.717) is 12.8 Å². The summed E-state index contributed by atoms with van der Waals surface area (Å²) in [5.41, 5.74) is 5.92. The number of nitrogens with zero attached hydrogens (tertiary/aromatic N) is 2. The zero-order chi connectivity index (χ0) is 39.1. The van der Waals surface area contributed by atoms with Gasteiger partial charge < -0.3 is 48.7 Å². The minimum Gasteiger partial charge on any atom is -0.492 e. The number of anilines is 2. The number of carbonyl (C=O) groups is 5. The number of halogens is 1. The summed E-state index contributed by atoms with van der Waals surface area (Å²) >= 11 is 0. The van der Waals surface area contributed by atoms with Gasteiger partial charge in [-0.1, -0.05) is 27.7 Å². The molecule has 0 bridgehead atoms. The Morgan fingerprint density at radius 1 is 0.673 bits per heavy atom. The fourth-order valence-electron chi connectivity index (χ4n) is 5.34. The van der Waals surface area contributed by atoms with Crippen LogP contribution in [0.2, 0.25) is 0 Å². The Labute approximate surface area is 303 Å². The number of carbonyl (C=O) groups excluding carboxylic acids is 5. The third-order valence-corrected chi connectivity index (χ3v) is 7.74. The smallest absolute Gasteiger partial charge is 0.325 e. The Bertz CT molecular complexity index is 1510. The molecule has 15 nitrogen and oxygen atoms in total. The summed E-state index contributed by atoms with van der Waals surface area (Å²) in [5, 5.41) is 0. The van der Waals surface area contributed by atoms with Gasteiger partial charge in [0, 0.05) is 12.1 Å². The van der Waals surface area contributed by atoms with Gasteiger partial charge in [0.15, 0.2) is 6.29 Å². The van der Waals surface area contributed by atoms with Crippen molar-refractivity contribution in [3.63, 3.8) is 0 Å². The Morgan fingerprint density at radius 2 is 1.13 bits per heavy atom. The van der Waals surface area contributed by atoms with Crippen LogP contribution in [0.5, 0.6) is 17.2 Å². The van der Waals surface area contributed by atoms with Crippen molar-refractivity contribution in [1.29, 1.82) is 0 Å². The molecule has 0 saturated carbocycles. The molecule has 0 aliphatic rings. The van der Waals surface area contributed by atoms with Crippen molar-refractivity contribution in [2.75, 3.05) is 90.8 Å². The normalized spacial score (nSPS) is 11.2. The van der Waals surface area contributed by atoms with Gasteiger partial charge in [-0.05, 0) is 42.0 Å². The lowest BCUT2D eigenvalue weighted by Crippen LogP contribution is -2.36. The van der Waals surface area contributed by atoms with E-state index in [1.807, 2.05) is 27.7 Å². The maximum atomic E-state index is 14.4. The number of rotatable bonds is 22. The van der Waals surface area contributed by atoms with Gasteiger partial charge in [-0.15, -0.1) is 0 Å². The van der Waals surface area contributed by atoms with E-state index in [2.05, 4.69) is 0 Å². The lowest BCUT2D eigenvalue weighted by molar-refractivity contribution is -0.141. The molecule has 2 N–H and O–H groups in total. The summed E-state index contributed by atoms with van der Waals surface area (Å²) in [6, 6.07) is 6.44. The van der Waals surface area contributed by atoms with Gasteiger partial charge in [-0.2, -0.15) is 0 Å². The topological polar surface area (TPSA) is 182 Å². The molecule has 0 heterocycles. The van der Waals surface area contributed by atoms with Crippen molar-refractivity contribution < 1.29 is 61.5 Å². The highest BCUT2D eigenvalue weighted by Gasteiger charge is 2.30. The van der Waals surface area contributed by atoms with Crippen LogP contribution >= 0.6 is 0 Å². The van der Waals surface area contributed by atoms with Gasteiger partial charge in [0.05, 0.1) is 52.0 Å². The average molecular weight is 736 g/mol. The monoisotopic (exact) mass is 735 g/mol. The van der Waals surface area contributed by atoms with Crippen LogP contribution in [0, 0.1) is 16.6 Å². The van der Waals surface area contributed by atoms with Crippen LogP contribution in [0.1, 0.15) is 44.5 Å². The molecule has 0 fully saturated rings. The quantitative estimate of drug-likeness (QED) is 0.0805. The van der Waals surface area contributed by atoms with E-state index in [1.165, 1.54) is 56.4 Å². The highest BCUT2D eigenvalue weighted by molar-refractivity contribution is 5.87. The number of ether oxygens (including phenoxy) is 7. The summed E-state index contributed by atoms with van der Waals surface area (Å²) in [5.74, 6) is -3.08. The largest absolute Gasteiger partial charge is 0.492 e. The average Bonchev–Trinajstić information content (AvgIpc) is 3.11. The molecular weight excluding hydrogens is 685 g/mol. The van der Waals surface area contributed by atoms with Gasteiger partial charge >= 0.3 is 23.9 Å². The molecule has 16 heteroatoms. The van der Waals surface area contributed by atoms with Gasteiger partial charge in [-0.25, -0.2) is 4.39 Å². The third-order valence-electron chi connectivity index (χ3n) is 7.74. The molecule has 0 amide bonds. The molecule has 0 saturated heterocycles. The fourth-order valence-corrected chi connectivity index (χ4v) is 5.34. The zero-order valence-corrected chi connectivity index (χ0v) is 31.1. The Hall–Kier alpha value is -5.12. The van der Waals surface area contributed by atoms with Gasteiger partial charge in [-0.3, -0.25) is 24.0 Å². The first-order valence-corrected chi connectivity index (χ1v) is 16.3. The van der Waals surface area contributed by atoms with E-state index in [4.69, 9.17) is 38.9 Å². The second-order valence-electron chi connectivity index (χ2n) is 13.3. The van der Waals surface area contributed by atoms with Crippen LogP contribution in [-0.2, 0) is 38.1 Å². The SMILES string of the molecule is COC(=O)CN(CC(=O)OC)c1ccc(F)cc1OCCOc1cc(OCC(C)(C)CC(C)(C)CN)c(C=O)cc1N(CC(=O)OC)CC(=O)OC. The molecule has 0 aliphatic heterocycles. The molecule has 0 unspecified atom stereocenters. The second kappa shape index (κ2) is 20.1. The standard InChI is InChI=1S/C36H50FN3O12/c1-35(2,22-38)21-36(3,4)23-52-28-15-30(27(13-24(28)20-41)40(18-33(44)48-7)19-34(45)49-8)51-12-11-50-29-14-25(37)9-10-26(29)39(16-31(42)46-5)17-32(43)47-6/h9-10,13-15,20H,11-12,16-19,21-23,38H2,1-8H3. The molecule has 0 atom stereocenters. The predicted octanol–water partition coefficient (Wildman–Crippen LogP) is 3.18. The predicted molar refractivity (Wildman–Crippen MR) is 188 cm³/mol. The molecule has 2 aromatic carbocycles. The van der Waals surface area contributed by atoms with Gasteiger partial charge in [0.1, 0.15) is 62.5 Å². The lowest BCUT2D eigenvalue weighted by atomic mass is 9.75. The second-order valence-corrected chi connectivity index (χ2v) is 13.3. The third kappa shape index (κ3) is 13.5. The minimum absolute atomic E-state index is 0.0161. The maximum absolute atomic E-state index is 14.4. The molecule has 52 heavy (non-hydrogen) atoms. The molecule has 0 spiro atoms. The first kappa shape index (κ1) is 43.0. The van der Waals surface area contributed by atoms with E-state index in [1.54, 1.807) is 0 Å². The summed E-state index contributed by atoms with van der Waals surface area (Å²) in [4.78, 5) is 64.0. The zero-order valence-electron chi connectivity index (χ0n) is 31.1. The molecule has 0 aromatic heterocycles. The molecule has 0 radical (unpaired) electrons.